The van der Waals surface area contributed by atoms with Gasteiger partial charge in [0.05, 0.1) is 15.6 Å². The summed E-state index contributed by atoms with van der Waals surface area (Å²) in [4.78, 5) is 27.6. The number of benzene rings is 1. The van der Waals surface area contributed by atoms with E-state index in [9.17, 15) is 9.59 Å². The average molecular weight is 338 g/mol. The van der Waals surface area contributed by atoms with Crippen molar-refractivity contribution in [1.82, 2.24) is 15.6 Å². The van der Waals surface area contributed by atoms with Crippen molar-refractivity contribution in [3.05, 3.63) is 63.9 Å². The van der Waals surface area contributed by atoms with E-state index >= 15 is 0 Å². The van der Waals surface area contributed by atoms with Crippen LogP contribution >= 0.6 is 23.2 Å². The highest BCUT2D eigenvalue weighted by molar-refractivity contribution is 6.40. The van der Waals surface area contributed by atoms with Crippen molar-refractivity contribution >= 4 is 35.1 Å². The third-order valence-electron chi connectivity index (χ3n) is 2.87. The van der Waals surface area contributed by atoms with Gasteiger partial charge in [-0.25, -0.2) is 4.79 Å². The van der Waals surface area contributed by atoms with E-state index in [4.69, 9.17) is 23.2 Å². The van der Waals surface area contributed by atoms with E-state index in [1.165, 1.54) is 12.1 Å². The zero-order chi connectivity index (χ0) is 15.9. The molecular weight excluding hydrogens is 325 g/mol. The molecule has 2 N–H and O–H groups in total. The van der Waals surface area contributed by atoms with Crippen LogP contribution in [0.2, 0.25) is 10.0 Å². The zero-order valence-corrected chi connectivity index (χ0v) is 13.0. The van der Waals surface area contributed by atoms with Gasteiger partial charge in [-0.15, -0.1) is 0 Å². The minimum atomic E-state index is -0.642. The van der Waals surface area contributed by atoms with Gasteiger partial charge in [0, 0.05) is 18.9 Å². The molecule has 0 saturated heterocycles. The van der Waals surface area contributed by atoms with E-state index < -0.39 is 11.9 Å². The molecule has 0 atom stereocenters. The Morgan fingerprint density at radius 3 is 2.32 bits per heavy atom. The summed E-state index contributed by atoms with van der Waals surface area (Å²) < 4.78 is 0. The summed E-state index contributed by atoms with van der Waals surface area (Å²) in [7, 11) is 0. The number of carbonyl (C=O) groups is 2. The second-order valence-electron chi connectivity index (χ2n) is 4.41. The van der Waals surface area contributed by atoms with Crippen LogP contribution < -0.4 is 10.6 Å². The molecule has 1 heterocycles. The normalized spacial score (nSPS) is 10.1. The van der Waals surface area contributed by atoms with Gasteiger partial charge in [0.15, 0.2) is 0 Å². The molecule has 0 aliphatic rings. The lowest BCUT2D eigenvalue weighted by Crippen LogP contribution is -2.40. The number of urea groups is 1. The molecule has 1 aromatic heterocycles. The number of hydrogen-bond acceptors (Lipinski definition) is 3. The molecule has 0 aliphatic heterocycles. The summed E-state index contributed by atoms with van der Waals surface area (Å²) in [6, 6.07) is 7.79. The Kier molecular flexibility index (Phi) is 5.75. The second kappa shape index (κ2) is 7.77. The molecule has 1 aromatic carbocycles. The van der Waals surface area contributed by atoms with E-state index in [0.29, 0.717) is 13.0 Å². The summed E-state index contributed by atoms with van der Waals surface area (Å²) in [6.07, 6.45) is 3.99. The molecule has 0 radical (unpaired) electrons. The molecule has 2 rings (SSSR count). The minimum Gasteiger partial charge on any atom is -0.337 e. The minimum absolute atomic E-state index is 0.0788. The predicted molar refractivity (Wildman–Crippen MR) is 85.3 cm³/mol. The molecule has 5 nitrogen and oxygen atoms in total. The number of rotatable bonds is 4. The Labute approximate surface area is 137 Å². The Morgan fingerprint density at radius 2 is 1.68 bits per heavy atom. The van der Waals surface area contributed by atoms with E-state index in [0.717, 1.165) is 5.56 Å². The SMILES string of the molecule is O=C(NCCc1ccncc1)NC(=O)c1c(Cl)cccc1Cl. The first-order chi connectivity index (χ1) is 10.6. The molecular formula is C15H13Cl2N3O2. The molecule has 0 aliphatic carbocycles. The fraction of sp³-hybridized carbons (Fsp3) is 0.133. The zero-order valence-electron chi connectivity index (χ0n) is 11.5. The fourth-order valence-corrected chi connectivity index (χ4v) is 2.36. The van der Waals surface area contributed by atoms with Crippen LogP contribution in [0.3, 0.4) is 0 Å². The summed E-state index contributed by atoms with van der Waals surface area (Å²) in [5, 5.41) is 5.17. The number of amides is 3. The van der Waals surface area contributed by atoms with Crippen molar-refractivity contribution in [2.45, 2.75) is 6.42 Å². The Hall–Kier alpha value is -2.11. The third-order valence-corrected chi connectivity index (χ3v) is 3.50. The molecule has 2 aromatic rings. The van der Waals surface area contributed by atoms with Crippen molar-refractivity contribution in [3.8, 4) is 0 Å². The molecule has 0 spiro atoms. The molecule has 0 fully saturated rings. The van der Waals surface area contributed by atoms with Crippen molar-refractivity contribution < 1.29 is 9.59 Å². The Balaban J connectivity index is 1.85. The lowest BCUT2D eigenvalue weighted by molar-refractivity contribution is 0.0964. The Bertz CT molecular complexity index is 657. The molecule has 3 amide bonds. The van der Waals surface area contributed by atoms with Gasteiger partial charge in [0.25, 0.3) is 5.91 Å². The molecule has 7 heteroatoms. The highest BCUT2D eigenvalue weighted by atomic mass is 35.5. The van der Waals surface area contributed by atoms with Crippen LogP contribution in [0.5, 0.6) is 0 Å². The lowest BCUT2D eigenvalue weighted by Gasteiger charge is -2.09. The van der Waals surface area contributed by atoms with Crippen molar-refractivity contribution in [2.75, 3.05) is 6.54 Å². The van der Waals surface area contributed by atoms with Gasteiger partial charge in [0.2, 0.25) is 0 Å². The number of hydrogen-bond donors (Lipinski definition) is 2. The summed E-state index contributed by atoms with van der Waals surface area (Å²) in [6.45, 7) is 0.388. The Morgan fingerprint density at radius 1 is 1.05 bits per heavy atom. The van der Waals surface area contributed by atoms with Gasteiger partial charge >= 0.3 is 6.03 Å². The van der Waals surface area contributed by atoms with Crippen LogP contribution in [-0.2, 0) is 6.42 Å². The van der Waals surface area contributed by atoms with Crippen molar-refractivity contribution in [2.24, 2.45) is 0 Å². The predicted octanol–water partition coefficient (Wildman–Crippen LogP) is 3.07. The number of pyridine rings is 1. The smallest absolute Gasteiger partial charge is 0.321 e. The fourth-order valence-electron chi connectivity index (χ4n) is 1.79. The number of aromatic nitrogens is 1. The highest BCUT2D eigenvalue weighted by Crippen LogP contribution is 2.23. The molecule has 0 saturated carbocycles. The van der Waals surface area contributed by atoms with Crippen LogP contribution in [0.25, 0.3) is 0 Å². The quantitative estimate of drug-likeness (QED) is 0.900. The van der Waals surface area contributed by atoms with E-state index in [1.54, 1.807) is 18.5 Å². The maximum absolute atomic E-state index is 12.0. The maximum Gasteiger partial charge on any atom is 0.321 e. The van der Waals surface area contributed by atoms with Gasteiger partial charge in [-0.1, -0.05) is 29.3 Å². The van der Waals surface area contributed by atoms with E-state index in [2.05, 4.69) is 15.6 Å². The molecule has 22 heavy (non-hydrogen) atoms. The standard InChI is InChI=1S/C15H13Cl2N3O2/c16-11-2-1-3-12(17)13(11)14(21)20-15(22)19-9-6-10-4-7-18-8-5-10/h1-5,7-8H,6,9H2,(H2,19,20,21,22). The first kappa shape index (κ1) is 16.3. The van der Waals surface area contributed by atoms with Crippen LogP contribution in [0.1, 0.15) is 15.9 Å². The first-order valence-corrected chi connectivity index (χ1v) is 7.25. The van der Waals surface area contributed by atoms with Crippen LogP contribution in [-0.4, -0.2) is 23.5 Å². The van der Waals surface area contributed by atoms with Gasteiger partial charge in [-0.05, 0) is 36.2 Å². The largest absolute Gasteiger partial charge is 0.337 e. The lowest BCUT2D eigenvalue weighted by atomic mass is 10.2. The summed E-state index contributed by atoms with van der Waals surface area (Å²) in [5.41, 5.74) is 1.12. The monoisotopic (exact) mass is 337 g/mol. The average Bonchev–Trinajstić information content (AvgIpc) is 2.48. The number of nitrogens with zero attached hydrogens (tertiary/aromatic N) is 1. The number of halogens is 2. The number of nitrogens with one attached hydrogen (secondary N) is 2. The maximum atomic E-state index is 12.0. The second-order valence-corrected chi connectivity index (χ2v) is 5.23. The van der Waals surface area contributed by atoms with Crippen LogP contribution in [0.4, 0.5) is 4.79 Å². The number of imide groups is 1. The van der Waals surface area contributed by atoms with Crippen molar-refractivity contribution in [3.63, 3.8) is 0 Å². The van der Waals surface area contributed by atoms with E-state index in [1.807, 2.05) is 12.1 Å². The van der Waals surface area contributed by atoms with Crippen LogP contribution in [0.15, 0.2) is 42.7 Å². The van der Waals surface area contributed by atoms with E-state index in [-0.39, 0.29) is 15.6 Å². The topological polar surface area (TPSA) is 71.1 Å². The van der Waals surface area contributed by atoms with Gasteiger partial charge in [-0.2, -0.15) is 0 Å². The van der Waals surface area contributed by atoms with Gasteiger partial charge in [-0.3, -0.25) is 15.1 Å². The number of carbonyl (C=O) groups excluding carboxylic acids is 2. The van der Waals surface area contributed by atoms with Gasteiger partial charge in [0.1, 0.15) is 0 Å². The molecule has 114 valence electrons. The molecule has 0 bridgehead atoms. The summed E-state index contributed by atoms with van der Waals surface area (Å²) in [5.74, 6) is -0.642. The third kappa shape index (κ3) is 4.44. The van der Waals surface area contributed by atoms with Gasteiger partial charge < -0.3 is 5.32 Å². The molecule has 0 unspecified atom stereocenters. The van der Waals surface area contributed by atoms with Crippen LogP contribution in [0, 0.1) is 0 Å². The van der Waals surface area contributed by atoms with Crippen molar-refractivity contribution in [1.29, 1.82) is 0 Å². The highest BCUT2D eigenvalue weighted by Gasteiger charge is 2.16. The summed E-state index contributed by atoms with van der Waals surface area (Å²) >= 11 is 11.8. The first-order valence-electron chi connectivity index (χ1n) is 6.50.